The normalized spacial score (nSPS) is 10.4. The Kier molecular flexibility index (Phi) is 4.20. The number of hydrogen-bond donors (Lipinski definition) is 2. The molecule has 112 valence electrons. The molecule has 3 rings (SSSR count). The number of thiophene rings is 1. The van der Waals surface area contributed by atoms with Gasteiger partial charge >= 0.3 is 6.03 Å². The van der Waals surface area contributed by atoms with E-state index in [1.807, 2.05) is 47.8 Å². The van der Waals surface area contributed by atoms with E-state index in [2.05, 4.69) is 15.8 Å². The number of nitrogens with zero attached hydrogens (tertiary/aromatic N) is 1. The smallest absolute Gasteiger partial charge is 0.319 e. The minimum atomic E-state index is -0.281. The van der Waals surface area contributed by atoms with Gasteiger partial charge < -0.3 is 15.2 Å². The van der Waals surface area contributed by atoms with Gasteiger partial charge in [0, 0.05) is 10.4 Å². The quantitative estimate of drug-likeness (QED) is 0.764. The number of rotatable bonds is 4. The van der Waals surface area contributed by atoms with Crippen LogP contribution in [0.5, 0.6) is 0 Å². The maximum Gasteiger partial charge on any atom is 0.319 e. The van der Waals surface area contributed by atoms with Gasteiger partial charge in [0.1, 0.15) is 11.4 Å². The van der Waals surface area contributed by atoms with Gasteiger partial charge in [-0.15, -0.1) is 11.3 Å². The number of anilines is 1. The standard InChI is InChI=1S/C16H15N3O2S/c1-11-14(15(21-19-11)12-6-3-2-4-7-12)18-16(20)17-10-13-8-5-9-22-13/h2-9H,10H2,1H3,(H2,17,18,20). The summed E-state index contributed by atoms with van der Waals surface area (Å²) < 4.78 is 5.34. The van der Waals surface area contributed by atoms with Crippen molar-refractivity contribution in [3.8, 4) is 11.3 Å². The average molecular weight is 313 g/mol. The van der Waals surface area contributed by atoms with Crippen LogP contribution in [-0.2, 0) is 6.54 Å². The van der Waals surface area contributed by atoms with Crippen molar-refractivity contribution in [1.82, 2.24) is 10.5 Å². The van der Waals surface area contributed by atoms with E-state index in [0.717, 1.165) is 10.4 Å². The number of carbonyl (C=O) groups excluding carboxylic acids is 1. The summed E-state index contributed by atoms with van der Waals surface area (Å²) in [5.41, 5.74) is 2.11. The second kappa shape index (κ2) is 6.44. The van der Waals surface area contributed by atoms with Crippen LogP contribution in [0.15, 0.2) is 52.4 Å². The molecule has 0 unspecified atom stereocenters. The minimum Gasteiger partial charge on any atom is -0.354 e. The predicted molar refractivity (Wildman–Crippen MR) is 86.9 cm³/mol. The third-order valence-electron chi connectivity index (χ3n) is 3.14. The first-order chi connectivity index (χ1) is 10.7. The van der Waals surface area contributed by atoms with Crippen molar-refractivity contribution in [2.24, 2.45) is 0 Å². The molecule has 0 aliphatic carbocycles. The van der Waals surface area contributed by atoms with E-state index in [0.29, 0.717) is 23.7 Å². The highest BCUT2D eigenvalue weighted by Gasteiger charge is 2.17. The third kappa shape index (κ3) is 3.17. The van der Waals surface area contributed by atoms with E-state index in [1.165, 1.54) is 0 Å². The van der Waals surface area contributed by atoms with Gasteiger partial charge in [-0.3, -0.25) is 0 Å². The Labute approximate surface area is 132 Å². The van der Waals surface area contributed by atoms with Crippen LogP contribution in [0.1, 0.15) is 10.6 Å². The summed E-state index contributed by atoms with van der Waals surface area (Å²) >= 11 is 1.60. The zero-order chi connectivity index (χ0) is 15.4. The lowest BCUT2D eigenvalue weighted by Gasteiger charge is -2.07. The molecule has 0 radical (unpaired) electrons. The molecule has 1 aromatic carbocycles. The number of aromatic nitrogens is 1. The lowest BCUT2D eigenvalue weighted by molar-refractivity contribution is 0.252. The van der Waals surface area contributed by atoms with Crippen LogP contribution in [0.2, 0.25) is 0 Å². The Bertz CT molecular complexity index is 751. The highest BCUT2D eigenvalue weighted by Crippen LogP contribution is 2.30. The fourth-order valence-electron chi connectivity index (χ4n) is 2.04. The van der Waals surface area contributed by atoms with E-state index in [1.54, 1.807) is 18.3 Å². The van der Waals surface area contributed by atoms with Gasteiger partial charge in [-0.2, -0.15) is 0 Å². The predicted octanol–water partition coefficient (Wildman–Crippen LogP) is 4.03. The summed E-state index contributed by atoms with van der Waals surface area (Å²) in [6, 6.07) is 13.2. The van der Waals surface area contributed by atoms with Crippen LogP contribution in [0.4, 0.5) is 10.5 Å². The Morgan fingerprint density at radius 2 is 2.05 bits per heavy atom. The van der Waals surface area contributed by atoms with Crippen molar-refractivity contribution in [1.29, 1.82) is 0 Å². The van der Waals surface area contributed by atoms with Gasteiger partial charge in [-0.1, -0.05) is 41.6 Å². The maximum atomic E-state index is 12.1. The van der Waals surface area contributed by atoms with Gasteiger partial charge in [0.15, 0.2) is 5.76 Å². The molecule has 2 aromatic heterocycles. The van der Waals surface area contributed by atoms with E-state index in [9.17, 15) is 4.79 Å². The molecule has 0 atom stereocenters. The number of carbonyl (C=O) groups is 1. The van der Waals surface area contributed by atoms with Crippen molar-refractivity contribution in [2.45, 2.75) is 13.5 Å². The summed E-state index contributed by atoms with van der Waals surface area (Å²) in [5, 5.41) is 11.6. The molecule has 2 N–H and O–H groups in total. The monoisotopic (exact) mass is 313 g/mol. The lowest BCUT2D eigenvalue weighted by atomic mass is 10.1. The molecule has 3 aromatic rings. The van der Waals surface area contributed by atoms with Crippen molar-refractivity contribution in [3.05, 3.63) is 58.4 Å². The molecule has 0 saturated heterocycles. The van der Waals surface area contributed by atoms with Crippen molar-refractivity contribution < 1.29 is 9.32 Å². The Hall–Kier alpha value is -2.60. The molecule has 22 heavy (non-hydrogen) atoms. The first kappa shape index (κ1) is 14.3. The Balaban J connectivity index is 1.72. The van der Waals surface area contributed by atoms with Crippen LogP contribution in [0.3, 0.4) is 0 Å². The van der Waals surface area contributed by atoms with Crippen LogP contribution in [-0.4, -0.2) is 11.2 Å². The van der Waals surface area contributed by atoms with Crippen LogP contribution in [0.25, 0.3) is 11.3 Å². The fourth-order valence-corrected chi connectivity index (χ4v) is 2.69. The van der Waals surface area contributed by atoms with Gasteiger partial charge in [0.2, 0.25) is 0 Å². The highest BCUT2D eigenvalue weighted by atomic mass is 32.1. The molecule has 5 nitrogen and oxygen atoms in total. The Morgan fingerprint density at radius 3 is 2.77 bits per heavy atom. The van der Waals surface area contributed by atoms with Crippen molar-refractivity contribution in [3.63, 3.8) is 0 Å². The largest absolute Gasteiger partial charge is 0.354 e. The fraction of sp³-hybridized carbons (Fsp3) is 0.125. The molecule has 6 heteroatoms. The summed E-state index contributed by atoms with van der Waals surface area (Å²) in [6.45, 7) is 2.29. The molecular weight excluding hydrogens is 298 g/mol. The number of amides is 2. The molecule has 0 saturated carbocycles. The first-order valence-electron chi connectivity index (χ1n) is 6.83. The molecule has 0 spiro atoms. The third-order valence-corrected chi connectivity index (χ3v) is 4.02. The first-order valence-corrected chi connectivity index (χ1v) is 7.71. The minimum absolute atomic E-state index is 0.281. The topological polar surface area (TPSA) is 67.2 Å². The second-order valence-electron chi connectivity index (χ2n) is 4.73. The lowest BCUT2D eigenvalue weighted by Crippen LogP contribution is -2.28. The molecular formula is C16H15N3O2S. The van der Waals surface area contributed by atoms with Gasteiger partial charge in [0.25, 0.3) is 0 Å². The van der Waals surface area contributed by atoms with E-state index < -0.39 is 0 Å². The zero-order valence-corrected chi connectivity index (χ0v) is 12.8. The van der Waals surface area contributed by atoms with Gasteiger partial charge in [-0.05, 0) is 18.4 Å². The van der Waals surface area contributed by atoms with Crippen LogP contribution < -0.4 is 10.6 Å². The molecule has 0 fully saturated rings. The summed E-state index contributed by atoms with van der Waals surface area (Å²) in [5.74, 6) is 0.560. The molecule has 2 heterocycles. The van der Waals surface area contributed by atoms with E-state index in [-0.39, 0.29) is 6.03 Å². The summed E-state index contributed by atoms with van der Waals surface area (Å²) in [4.78, 5) is 13.2. The number of benzene rings is 1. The van der Waals surface area contributed by atoms with Crippen LogP contribution >= 0.6 is 11.3 Å². The average Bonchev–Trinajstić information content (AvgIpc) is 3.17. The van der Waals surface area contributed by atoms with E-state index in [4.69, 9.17) is 4.52 Å². The number of nitrogens with one attached hydrogen (secondary N) is 2. The summed E-state index contributed by atoms with van der Waals surface area (Å²) in [6.07, 6.45) is 0. The number of urea groups is 1. The highest BCUT2D eigenvalue weighted by molar-refractivity contribution is 7.09. The SMILES string of the molecule is Cc1noc(-c2ccccc2)c1NC(=O)NCc1cccs1. The van der Waals surface area contributed by atoms with Gasteiger partial charge in [0.05, 0.1) is 6.54 Å². The number of hydrogen-bond acceptors (Lipinski definition) is 4. The molecule has 0 aliphatic rings. The van der Waals surface area contributed by atoms with Crippen molar-refractivity contribution in [2.75, 3.05) is 5.32 Å². The molecule has 0 aliphatic heterocycles. The van der Waals surface area contributed by atoms with E-state index >= 15 is 0 Å². The molecule has 0 bridgehead atoms. The zero-order valence-electron chi connectivity index (χ0n) is 12.0. The Morgan fingerprint density at radius 1 is 1.23 bits per heavy atom. The summed E-state index contributed by atoms with van der Waals surface area (Å²) in [7, 11) is 0. The second-order valence-corrected chi connectivity index (χ2v) is 5.76. The van der Waals surface area contributed by atoms with Crippen LogP contribution in [0, 0.1) is 6.92 Å². The maximum absolute atomic E-state index is 12.1. The van der Waals surface area contributed by atoms with Crippen molar-refractivity contribution >= 4 is 23.1 Å². The van der Waals surface area contributed by atoms with Gasteiger partial charge in [-0.25, -0.2) is 4.79 Å². The molecule has 2 amide bonds. The number of aryl methyl sites for hydroxylation is 1.